The average Bonchev–Trinajstić information content (AvgIpc) is 2.99. The number of aliphatic imine (C=N–C) groups is 1. The maximum Gasteiger partial charge on any atom is 0.350 e. The maximum atomic E-state index is 11.9. The smallest absolute Gasteiger partial charge is 0.350 e. The molecule has 1 atom stereocenters. The van der Waals surface area contributed by atoms with E-state index in [1.165, 1.54) is 11.3 Å². The van der Waals surface area contributed by atoms with E-state index < -0.39 is 0 Å². The highest BCUT2D eigenvalue weighted by molar-refractivity contribution is 7.13. The quantitative estimate of drug-likeness (QED) is 0.285. The number of hydrogen-bond acceptors (Lipinski definition) is 6. The van der Waals surface area contributed by atoms with Gasteiger partial charge in [0.05, 0.1) is 24.9 Å². The Morgan fingerprint density at radius 1 is 1.36 bits per heavy atom. The fourth-order valence-electron chi connectivity index (χ4n) is 2.04. The highest BCUT2D eigenvalue weighted by Gasteiger charge is 2.19. The van der Waals surface area contributed by atoms with E-state index in [9.17, 15) is 4.79 Å². The summed E-state index contributed by atoms with van der Waals surface area (Å²) >= 11 is 1.35. The van der Waals surface area contributed by atoms with Crippen LogP contribution in [0.5, 0.6) is 0 Å². The zero-order valence-electron chi connectivity index (χ0n) is 15.8. The lowest BCUT2D eigenvalue weighted by Gasteiger charge is -2.16. The highest BCUT2D eigenvalue weighted by atomic mass is 32.1. The molecule has 0 spiro atoms. The van der Waals surface area contributed by atoms with Crippen LogP contribution in [0.15, 0.2) is 4.99 Å². The lowest BCUT2D eigenvalue weighted by molar-refractivity contribution is 0.0531. The molecule has 0 saturated heterocycles. The molecule has 1 rings (SSSR count). The molecule has 2 N–H and O–H groups in total. The molecule has 7 nitrogen and oxygen atoms in total. The average molecular weight is 371 g/mol. The maximum absolute atomic E-state index is 11.9. The van der Waals surface area contributed by atoms with Crippen molar-refractivity contribution >= 4 is 23.3 Å². The van der Waals surface area contributed by atoms with Crippen molar-refractivity contribution in [1.82, 2.24) is 15.6 Å². The van der Waals surface area contributed by atoms with Crippen molar-refractivity contribution in [2.24, 2.45) is 4.99 Å². The Balaban J connectivity index is 2.51. The van der Waals surface area contributed by atoms with Crippen LogP contribution in [0.1, 0.15) is 60.0 Å². The van der Waals surface area contributed by atoms with Crippen LogP contribution in [0.4, 0.5) is 0 Å². The molecule has 0 amide bonds. The van der Waals surface area contributed by atoms with E-state index >= 15 is 0 Å². The number of ether oxygens (including phenoxy) is 2. The molecule has 0 bridgehead atoms. The zero-order valence-corrected chi connectivity index (χ0v) is 16.7. The fourth-order valence-corrected chi connectivity index (χ4v) is 3.00. The van der Waals surface area contributed by atoms with Crippen LogP contribution in [0.2, 0.25) is 0 Å². The predicted octanol–water partition coefficient (Wildman–Crippen LogP) is 2.67. The Hall–Kier alpha value is -1.67. The van der Waals surface area contributed by atoms with Gasteiger partial charge in [0.25, 0.3) is 0 Å². The van der Waals surface area contributed by atoms with Gasteiger partial charge in [-0.15, -0.1) is 11.3 Å². The van der Waals surface area contributed by atoms with Gasteiger partial charge in [-0.05, 0) is 27.2 Å². The van der Waals surface area contributed by atoms with Gasteiger partial charge in [-0.1, -0.05) is 13.3 Å². The summed E-state index contributed by atoms with van der Waals surface area (Å²) in [6.07, 6.45) is 2.21. The van der Waals surface area contributed by atoms with Crippen LogP contribution in [0, 0.1) is 6.92 Å². The molecule has 0 radical (unpaired) electrons. The van der Waals surface area contributed by atoms with Crippen LogP contribution in [0.25, 0.3) is 0 Å². The number of rotatable bonds is 10. The van der Waals surface area contributed by atoms with Crippen molar-refractivity contribution in [3.8, 4) is 0 Å². The molecule has 142 valence electrons. The molecule has 0 aliphatic rings. The first-order valence-corrected chi connectivity index (χ1v) is 9.54. The summed E-state index contributed by atoms with van der Waals surface area (Å²) < 4.78 is 10.6. The molecule has 8 heteroatoms. The van der Waals surface area contributed by atoms with Gasteiger partial charge in [0.15, 0.2) is 5.96 Å². The van der Waals surface area contributed by atoms with E-state index in [0.717, 1.165) is 24.5 Å². The standard InChI is InChI=1S/C17H30N4O3S/c1-6-8-10-23-11-9-19-17(18-5)21-13(4)15-20-12(3)14(25-15)16(22)24-7-2/h13H,6-11H2,1-5H3,(H2,18,19,21). The molecule has 0 fully saturated rings. The van der Waals surface area contributed by atoms with Gasteiger partial charge in [-0.25, -0.2) is 9.78 Å². The van der Waals surface area contributed by atoms with E-state index in [4.69, 9.17) is 9.47 Å². The van der Waals surface area contributed by atoms with Crippen molar-refractivity contribution < 1.29 is 14.3 Å². The Morgan fingerprint density at radius 3 is 2.76 bits per heavy atom. The van der Waals surface area contributed by atoms with Crippen molar-refractivity contribution in [2.75, 3.05) is 33.4 Å². The Bertz CT molecular complexity index is 560. The van der Waals surface area contributed by atoms with E-state index in [1.54, 1.807) is 14.0 Å². The van der Waals surface area contributed by atoms with Gasteiger partial charge < -0.3 is 20.1 Å². The summed E-state index contributed by atoms with van der Waals surface area (Å²) in [4.78, 5) is 21.1. The number of nitrogens with zero attached hydrogens (tertiary/aromatic N) is 2. The third-order valence-corrected chi connectivity index (χ3v) is 4.72. The number of guanidine groups is 1. The van der Waals surface area contributed by atoms with E-state index in [0.29, 0.717) is 36.3 Å². The molecule has 0 aliphatic carbocycles. The summed E-state index contributed by atoms with van der Waals surface area (Å²) in [6, 6.07) is -0.0703. The largest absolute Gasteiger partial charge is 0.462 e. The van der Waals surface area contributed by atoms with E-state index in [-0.39, 0.29) is 12.0 Å². The summed E-state index contributed by atoms with van der Waals surface area (Å²) in [5.74, 6) is 0.361. The number of carbonyl (C=O) groups is 1. The van der Waals surface area contributed by atoms with Gasteiger partial charge in [0.2, 0.25) is 0 Å². The molecule has 0 aromatic carbocycles. The monoisotopic (exact) mass is 370 g/mol. The van der Waals surface area contributed by atoms with E-state index in [1.807, 2.05) is 13.8 Å². The third kappa shape index (κ3) is 7.39. The fraction of sp³-hybridized carbons (Fsp3) is 0.706. The second-order valence-corrected chi connectivity index (χ2v) is 6.55. The Labute approximate surface area is 154 Å². The number of hydrogen-bond donors (Lipinski definition) is 2. The van der Waals surface area contributed by atoms with Gasteiger partial charge in [0.1, 0.15) is 9.88 Å². The SMILES string of the molecule is CCCCOCCNC(=NC)NC(C)c1nc(C)c(C(=O)OCC)s1. The summed E-state index contributed by atoms with van der Waals surface area (Å²) in [6.45, 7) is 10.2. The second kappa shape index (κ2) is 11.8. The minimum absolute atomic E-state index is 0.0703. The molecule has 25 heavy (non-hydrogen) atoms. The number of nitrogens with one attached hydrogen (secondary N) is 2. The molecule has 1 aromatic heterocycles. The van der Waals surface area contributed by atoms with Gasteiger partial charge in [-0.3, -0.25) is 4.99 Å². The van der Waals surface area contributed by atoms with E-state index in [2.05, 4.69) is 27.5 Å². The summed E-state index contributed by atoms with van der Waals surface area (Å²) in [5.41, 5.74) is 0.694. The topological polar surface area (TPSA) is 84.8 Å². The predicted molar refractivity (Wildman–Crippen MR) is 101 cm³/mol. The second-order valence-electron chi connectivity index (χ2n) is 5.52. The molecule has 1 heterocycles. The molecule has 1 unspecified atom stereocenters. The van der Waals surface area contributed by atoms with Crippen LogP contribution < -0.4 is 10.6 Å². The lowest BCUT2D eigenvalue weighted by Crippen LogP contribution is -2.40. The zero-order chi connectivity index (χ0) is 18.7. The van der Waals surface area contributed by atoms with Crippen LogP contribution in [-0.4, -0.2) is 50.3 Å². The number of esters is 1. The first-order valence-electron chi connectivity index (χ1n) is 8.72. The first-order chi connectivity index (χ1) is 12.0. The van der Waals surface area contributed by atoms with Gasteiger partial charge in [-0.2, -0.15) is 0 Å². The number of carbonyl (C=O) groups excluding carboxylic acids is 1. The summed E-state index contributed by atoms with van der Waals surface area (Å²) in [5, 5.41) is 7.31. The van der Waals surface area contributed by atoms with Crippen LogP contribution >= 0.6 is 11.3 Å². The normalized spacial score (nSPS) is 12.8. The summed E-state index contributed by atoms with van der Waals surface area (Å²) in [7, 11) is 1.72. The Kier molecular flexibility index (Phi) is 10.1. The van der Waals surface area contributed by atoms with Gasteiger partial charge >= 0.3 is 5.97 Å². The molecule has 0 aliphatic heterocycles. The number of aryl methyl sites for hydroxylation is 1. The first kappa shape index (κ1) is 21.4. The lowest BCUT2D eigenvalue weighted by atomic mass is 10.3. The van der Waals surface area contributed by atoms with Crippen molar-refractivity contribution in [3.63, 3.8) is 0 Å². The van der Waals surface area contributed by atoms with Gasteiger partial charge in [0, 0.05) is 20.2 Å². The van der Waals surface area contributed by atoms with Crippen LogP contribution in [-0.2, 0) is 9.47 Å². The minimum atomic E-state index is -0.317. The van der Waals surface area contributed by atoms with Crippen molar-refractivity contribution in [1.29, 1.82) is 0 Å². The minimum Gasteiger partial charge on any atom is -0.462 e. The van der Waals surface area contributed by atoms with Crippen LogP contribution in [0.3, 0.4) is 0 Å². The number of aromatic nitrogens is 1. The third-order valence-electron chi connectivity index (χ3n) is 3.40. The van der Waals surface area contributed by atoms with Crippen molar-refractivity contribution in [2.45, 2.75) is 46.6 Å². The van der Waals surface area contributed by atoms with Crippen molar-refractivity contribution in [3.05, 3.63) is 15.6 Å². The molecule has 0 saturated carbocycles. The highest BCUT2D eigenvalue weighted by Crippen LogP contribution is 2.24. The molecular formula is C17H30N4O3S. The number of thiazole rings is 1. The molecular weight excluding hydrogens is 340 g/mol. The Morgan fingerprint density at radius 2 is 2.12 bits per heavy atom. The molecule has 1 aromatic rings. The number of unbranched alkanes of at least 4 members (excludes halogenated alkanes) is 1.